The van der Waals surface area contributed by atoms with Crippen LogP contribution in [0.4, 0.5) is 13.2 Å². The highest BCUT2D eigenvalue weighted by atomic mass is 32.2. The maximum Gasteiger partial charge on any atom is 0.417 e. The van der Waals surface area contributed by atoms with Crippen LogP contribution in [0.25, 0.3) is 11.1 Å². The average molecular weight is 397 g/mol. The van der Waals surface area contributed by atoms with E-state index in [1.807, 2.05) is 29.0 Å². The number of hydrogen-bond acceptors (Lipinski definition) is 3. The van der Waals surface area contributed by atoms with E-state index in [2.05, 4.69) is 4.72 Å². The van der Waals surface area contributed by atoms with Gasteiger partial charge in [0.15, 0.2) is 0 Å². The van der Waals surface area contributed by atoms with E-state index in [1.165, 1.54) is 17.4 Å². The third-order valence-electron chi connectivity index (χ3n) is 3.78. The highest BCUT2D eigenvalue weighted by Gasteiger charge is 2.36. The molecule has 0 fully saturated rings. The number of halogens is 3. The molecule has 0 saturated heterocycles. The molecule has 0 aliphatic rings. The Kier molecular flexibility index (Phi) is 5.17. The van der Waals surface area contributed by atoms with Crippen LogP contribution < -0.4 is 4.72 Å². The van der Waals surface area contributed by atoms with Crippen LogP contribution in [0.1, 0.15) is 11.1 Å². The van der Waals surface area contributed by atoms with Gasteiger partial charge in [-0.25, -0.2) is 13.1 Å². The van der Waals surface area contributed by atoms with Crippen molar-refractivity contribution in [3.05, 3.63) is 76.5 Å². The lowest BCUT2D eigenvalue weighted by Crippen LogP contribution is -2.26. The maximum absolute atomic E-state index is 13.1. The van der Waals surface area contributed by atoms with Crippen LogP contribution in [0.15, 0.2) is 70.3 Å². The monoisotopic (exact) mass is 397 g/mol. The molecule has 3 aromatic rings. The van der Waals surface area contributed by atoms with Crippen molar-refractivity contribution in [3.63, 3.8) is 0 Å². The van der Waals surface area contributed by atoms with Crippen molar-refractivity contribution in [3.8, 4) is 11.1 Å². The van der Waals surface area contributed by atoms with Crippen molar-refractivity contribution >= 4 is 21.4 Å². The normalized spacial score (nSPS) is 12.3. The summed E-state index contributed by atoms with van der Waals surface area (Å²) < 4.78 is 66.5. The second kappa shape index (κ2) is 7.22. The summed E-state index contributed by atoms with van der Waals surface area (Å²) in [5.41, 5.74) is 1.26. The van der Waals surface area contributed by atoms with Crippen LogP contribution >= 0.6 is 11.3 Å². The fourth-order valence-corrected chi connectivity index (χ4v) is 4.45. The maximum atomic E-state index is 13.1. The Hall–Kier alpha value is -2.16. The minimum Gasteiger partial charge on any atom is -0.207 e. The molecule has 3 rings (SSSR count). The van der Waals surface area contributed by atoms with E-state index in [1.54, 1.807) is 12.1 Å². The van der Waals surface area contributed by atoms with Gasteiger partial charge in [-0.2, -0.15) is 24.5 Å². The molecule has 8 heteroatoms. The zero-order chi connectivity index (χ0) is 18.8. The summed E-state index contributed by atoms with van der Waals surface area (Å²) >= 11 is 1.50. The highest BCUT2D eigenvalue weighted by molar-refractivity contribution is 7.89. The van der Waals surface area contributed by atoms with Gasteiger partial charge in [0.05, 0.1) is 10.5 Å². The van der Waals surface area contributed by atoms with Crippen LogP contribution in [0.3, 0.4) is 0 Å². The van der Waals surface area contributed by atoms with Gasteiger partial charge in [0.1, 0.15) is 0 Å². The Bertz CT molecular complexity index is 997. The van der Waals surface area contributed by atoms with Gasteiger partial charge in [0.25, 0.3) is 0 Å². The number of nitrogens with one attached hydrogen (secondary N) is 1. The van der Waals surface area contributed by atoms with Crippen LogP contribution in [-0.2, 0) is 22.7 Å². The molecule has 0 bridgehead atoms. The van der Waals surface area contributed by atoms with E-state index in [0.717, 1.165) is 29.3 Å². The largest absolute Gasteiger partial charge is 0.417 e. The van der Waals surface area contributed by atoms with Gasteiger partial charge in [0.2, 0.25) is 10.0 Å². The molecule has 0 spiro atoms. The first kappa shape index (κ1) is 18.6. The molecule has 1 aromatic heterocycles. The first-order valence-electron chi connectivity index (χ1n) is 7.55. The standard InChI is InChI=1S/C18H14F3NO2S2/c19-18(20,21)16-7-3-4-8-17(16)26(23,24)22-11-13-5-1-2-6-15(13)14-9-10-25-12-14/h1-10,12,22H,11H2. The van der Waals surface area contributed by atoms with Gasteiger partial charge < -0.3 is 0 Å². The van der Waals surface area contributed by atoms with Crippen molar-refractivity contribution < 1.29 is 21.6 Å². The Morgan fingerprint density at radius 3 is 2.35 bits per heavy atom. The van der Waals surface area contributed by atoms with Crippen LogP contribution in [0, 0.1) is 0 Å². The Morgan fingerprint density at radius 1 is 0.962 bits per heavy atom. The summed E-state index contributed by atoms with van der Waals surface area (Å²) in [6, 6.07) is 13.2. The molecule has 0 saturated carbocycles. The third kappa shape index (κ3) is 3.98. The van der Waals surface area contributed by atoms with Crippen molar-refractivity contribution in [1.82, 2.24) is 4.72 Å². The van der Waals surface area contributed by atoms with Gasteiger partial charge in [-0.05, 0) is 45.6 Å². The summed E-state index contributed by atoms with van der Waals surface area (Å²) in [6.45, 7) is -0.111. The first-order chi connectivity index (χ1) is 12.3. The minimum absolute atomic E-state index is 0.111. The number of sulfonamides is 1. The molecular weight excluding hydrogens is 383 g/mol. The summed E-state index contributed by atoms with van der Waals surface area (Å²) in [4.78, 5) is -0.777. The highest BCUT2D eigenvalue weighted by Crippen LogP contribution is 2.34. The predicted octanol–water partition coefficient (Wildman–Crippen LogP) is 4.91. The number of thiophene rings is 1. The molecular formula is C18H14F3NO2S2. The van der Waals surface area contributed by atoms with E-state index in [9.17, 15) is 21.6 Å². The number of benzene rings is 2. The lowest BCUT2D eigenvalue weighted by molar-refractivity contribution is -0.139. The Balaban J connectivity index is 1.90. The molecule has 3 nitrogen and oxygen atoms in total. The molecule has 2 aromatic carbocycles. The van der Waals surface area contributed by atoms with Crippen molar-refractivity contribution in [1.29, 1.82) is 0 Å². The zero-order valence-electron chi connectivity index (χ0n) is 13.3. The lowest BCUT2D eigenvalue weighted by atomic mass is 10.0. The van der Waals surface area contributed by atoms with Crippen LogP contribution in [0.2, 0.25) is 0 Å². The molecule has 0 amide bonds. The smallest absolute Gasteiger partial charge is 0.207 e. The van der Waals surface area contributed by atoms with Crippen molar-refractivity contribution in [2.24, 2.45) is 0 Å². The Labute approximate surface area is 153 Å². The fourth-order valence-electron chi connectivity index (χ4n) is 2.56. The van der Waals surface area contributed by atoms with Gasteiger partial charge >= 0.3 is 6.18 Å². The van der Waals surface area contributed by atoms with E-state index >= 15 is 0 Å². The van der Waals surface area contributed by atoms with Crippen LogP contribution in [-0.4, -0.2) is 8.42 Å². The van der Waals surface area contributed by atoms with Crippen molar-refractivity contribution in [2.75, 3.05) is 0 Å². The average Bonchev–Trinajstić information content (AvgIpc) is 3.14. The lowest BCUT2D eigenvalue weighted by Gasteiger charge is -2.14. The van der Waals surface area contributed by atoms with Gasteiger partial charge in [-0.1, -0.05) is 36.4 Å². The van der Waals surface area contributed by atoms with Gasteiger partial charge in [-0.3, -0.25) is 0 Å². The minimum atomic E-state index is -4.75. The van der Waals surface area contributed by atoms with E-state index < -0.39 is 26.7 Å². The second-order valence-electron chi connectivity index (χ2n) is 5.49. The number of hydrogen-bond donors (Lipinski definition) is 1. The molecule has 0 aliphatic heterocycles. The topological polar surface area (TPSA) is 46.2 Å². The second-order valence-corrected chi connectivity index (χ2v) is 8.00. The van der Waals surface area contributed by atoms with Crippen LogP contribution in [0.5, 0.6) is 0 Å². The third-order valence-corrected chi connectivity index (χ3v) is 5.93. The molecule has 0 unspecified atom stereocenters. The Morgan fingerprint density at radius 2 is 1.65 bits per heavy atom. The van der Waals surface area contributed by atoms with E-state index in [0.29, 0.717) is 5.56 Å². The van der Waals surface area contributed by atoms with E-state index in [4.69, 9.17) is 0 Å². The molecule has 26 heavy (non-hydrogen) atoms. The number of rotatable bonds is 5. The van der Waals surface area contributed by atoms with Gasteiger partial charge in [-0.15, -0.1) is 0 Å². The molecule has 1 heterocycles. The summed E-state index contributed by atoms with van der Waals surface area (Å²) in [6.07, 6.45) is -4.75. The molecule has 0 atom stereocenters. The quantitative estimate of drug-likeness (QED) is 0.665. The molecule has 136 valence electrons. The predicted molar refractivity (Wildman–Crippen MR) is 95.2 cm³/mol. The fraction of sp³-hybridized carbons (Fsp3) is 0.111. The SMILES string of the molecule is O=S(=O)(NCc1ccccc1-c1ccsc1)c1ccccc1C(F)(F)F. The van der Waals surface area contributed by atoms with Gasteiger partial charge in [0, 0.05) is 6.54 Å². The molecule has 0 aliphatic carbocycles. The molecule has 1 N–H and O–H groups in total. The summed E-state index contributed by atoms with van der Waals surface area (Å²) in [7, 11) is -4.33. The molecule has 0 radical (unpaired) electrons. The zero-order valence-corrected chi connectivity index (χ0v) is 15.0. The summed E-state index contributed by atoms with van der Waals surface area (Å²) in [5.74, 6) is 0. The summed E-state index contributed by atoms with van der Waals surface area (Å²) in [5, 5.41) is 3.82. The van der Waals surface area contributed by atoms with E-state index in [-0.39, 0.29) is 6.54 Å². The first-order valence-corrected chi connectivity index (χ1v) is 9.98. The van der Waals surface area contributed by atoms with Crippen molar-refractivity contribution in [2.45, 2.75) is 17.6 Å². The number of alkyl halides is 3.